The van der Waals surface area contributed by atoms with Gasteiger partial charge in [-0.3, -0.25) is 9.59 Å². The van der Waals surface area contributed by atoms with Crippen LogP contribution < -0.4 is 0 Å². The molecule has 2 fully saturated rings. The molecule has 2 aliphatic rings. The molecule has 1 saturated carbocycles. The highest BCUT2D eigenvalue weighted by Crippen LogP contribution is 2.58. The third-order valence-electron chi connectivity index (χ3n) is 5.81. The highest BCUT2D eigenvalue weighted by atomic mass is 16.5. The van der Waals surface area contributed by atoms with Crippen LogP contribution in [0.25, 0.3) is 0 Å². The number of hydrogen-bond acceptors (Lipinski definition) is 3. The van der Waals surface area contributed by atoms with Gasteiger partial charge < -0.3 is 14.7 Å². The van der Waals surface area contributed by atoms with Gasteiger partial charge in [-0.2, -0.15) is 0 Å². The van der Waals surface area contributed by atoms with E-state index in [1.54, 1.807) is 0 Å². The lowest BCUT2D eigenvalue weighted by Gasteiger charge is -2.51. The molecule has 1 aliphatic carbocycles. The SMILES string of the molecule is O=C(O)C1[C@H](c2ccccc2)C(C(=O)N2CCOCC2)[C@H]1c1ccccc1. The Hall–Kier alpha value is -2.66. The summed E-state index contributed by atoms with van der Waals surface area (Å²) in [5.74, 6) is -2.41. The molecule has 2 aromatic carbocycles. The second-order valence-corrected chi connectivity index (χ2v) is 7.20. The van der Waals surface area contributed by atoms with Crippen molar-refractivity contribution in [1.82, 2.24) is 4.90 Å². The van der Waals surface area contributed by atoms with Gasteiger partial charge in [-0.15, -0.1) is 0 Å². The molecule has 1 aliphatic heterocycles. The van der Waals surface area contributed by atoms with E-state index in [1.165, 1.54) is 0 Å². The second kappa shape index (κ2) is 7.53. The van der Waals surface area contributed by atoms with E-state index in [2.05, 4.69) is 0 Å². The van der Waals surface area contributed by atoms with Gasteiger partial charge in [-0.1, -0.05) is 60.7 Å². The van der Waals surface area contributed by atoms with E-state index in [1.807, 2.05) is 65.6 Å². The van der Waals surface area contributed by atoms with Crippen LogP contribution in [-0.2, 0) is 14.3 Å². The molecule has 1 N–H and O–H groups in total. The summed E-state index contributed by atoms with van der Waals surface area (Å²) in [6.45, 7) is 2.20. The number of benzene rings is 2. The monoisotopic (exact) mass is 365 g/mol. The Bertz CT molecular complexity index is 754. The molecule has 0 aromatic heterocycles. The van der Waals surface area contributed by atoms with Gasteiger partial charge in [0, 0.05) is 24.9 Å². The van der Waals surface area contributed by atoms with Crippen molar-refractivity contribution in [3.63, 3.8) is 0 Å². The van der Waals surface area contributed by atoms with E-state index in [-0.39, 0.29) is 23.7 Å². The first-order valence-corrected chi connectivity index (χ1v) is 9.37. The lowest BCUT2D eigenvalue weighted by Crippen LogP contribution is -2.56. The van der Waals surface area contributed by atoms with Gasteiger partial charge in [0.1, 0.15) is 0 Å². The Labute approximate surface area is 158 Å². The standard InChI is InChI=1S/C22H23NO4/c24-21(23-11-13-27-14-12-23)19-17(15-7-3-1-4-8-15)20(22(25)26)18(19)16-9-5-2-6-10-16/h1-10,17-20H,11-14H2,(H,25,26)/t17-,18-,19?,20?/m1/s1. The molecule has 2 aromatic rings. The molecule has 5 nitrogen and oxygen atoms in total. The largest absolute Gasteiger partial charge is 0.481 e. The number of amides is 1. The minimum absolute atomic E-state index is 0.0403. The molecule has 0 unspecified atom stereocenters. The smallest absolute Gasteiger partial charge is 0.307 e. The Kier molecular flexibility index (Phi) is 4.94. The summed E-state index contributed by atoms with van der Waals surface area (Å²) in [6, 6.07) is 19.2. The molecule has 0 bridgehead atoms. The Morgan fingerprint density at radius 1 is 0.815 bits per heavy atom. The van der Waals surface area contributed by atoms with Crippen molar-refractivity contribution in [3.05, 3.63) is 71.8 Å². The quantitative estimate of drug-likeness (QED) is 0.905. The zero-order valence-electron chi connectivity index (χ0n) is 15.0. The van der Waals surface area contributed by atoms with E-state index in [0.29, 0.717) is 26.3 Å². The normalized spacial score (nSPS) is 27.6. The fourth-order valence-corrected chi connectivity index (χ4v) is 4.54. The number of rotatable bonds is 4. The molecule has 140 valence electrons. The van der Waals surface area contributed by atoms with Crippen LogP contribution in [0.1, 0.15) is 23.0 Å². The van der Waals surface area contributed by atoms with Gasteiger partial charge >= 0.3 is 5.97 Å². The summed E-state index contributed by atoms with van der Waals surface area (Å²) in [5, 5.41) is 9.96. The molecule has 1 saturated heterocycles. The highest BCUT2D eigenvalue weighted by Gasteiger charge is 2.59. The first-order valence-electron chi connectivity index (χ1n) is 9.37. The minimum Gasteiger partial charge on any atom is -0.481 e. The van der Waals surface area contributed by atoms with E-state index in [4.69, 9.17) is 4.74 Å². The Balaban J connectivity index is 1.73. The maximum absolute atomic E-state index is 13.4. The fourth-order valence-electron chi connectivity index (χ4n) is 4.54. The number of carbonyl (C=O) groups excluding carboxylic acids is 1. The van der Waals surface area contributed by atoms with Crippen LogP contribution in [0, 0.1) is 11.8 Å². The zero-order chi connectivity index (χ0) is 18.8. The molecule has 4 rings (SSSR count). The third kappa shape index (κ3) is 3.23. The number of carbonyl (C=O) groups is 2. The number of aliphatic carboxylic acids is 1. The summed E-state index contributed by atoms with van der Waals surface area (Å²) in [5.41, 5.74) is 1.84. The summed E-state index contributed by atoms with van der Waals surface area (Å²) < 4.78 is 5.38. The van der Waals surface area contributed by atoms with Gasteiger partial charge in [-0.25, -0.2) is 0 Å². The maximum Gasteiger partial charge on any atom is 0.307 e. The first kappa shape index (κ1) is 17.7. The molecule has 5 heteroatoms. The lowest BCUT2D eigenvalue weighted by molar-refractivity contribution is -0.158. The molecule has 0 radical (unpaired) electrons. The van der Waals surface area contributed by atoms with Gasteiger partial charge in [0.15, 0.2) is 0 Å². The predicted octanol–water partition coefficient (Wildman–Crippen LogP) is 2.74. The zero-order valence-corrected chi connectivity index (χ0v) is 15.0. The number of carboxylic acids is 1. The molecule has 27 heavy (non-hydrogen) atoms. The topological polar surface area (TPSA) is 66.8 Å². The van der Waals surface area contributed by atoms with Gasteiger partial charge in [-0.05, 0) is 11.1 Å². The number of nitrogens with zero attached hydrogens (tertiary/aromatic N) is 1. The number of ether oxygens (including phenoxy) is 1. The van der Waals surface area contributed by atoms with Crippen molar-refractivity contribution in [2.24, 2.45) is 11.8 Å². The lowest BCUT2D eigenvalue weighted by atomic mass is 9.52. The van der Waals surface area contributed by atoms with Crippen LogP contribution in [0.4, 0.5) is 0 Å². The van der Waals surface area contributed by atoms with Crippen LogP contribution in [0.15, 0.2) is 60.7 Å². The van der Waals surface area contributed by atoms with Crippen LogP contribution >= 0.6 is 0 Å². The molecule has 1 amide bonds. The maximum atomic E-state index is 13.4. The Morgan fingerprint density at radius 3 is 1.74 bits per heavy atom. The predicted molar refractivity (Wildman–Crippen MR) is 100 cm³/mol. The van der Waals surface area contributed by atoms with Crippen molar-refractivity contribution in [3.8, 4) is 0 Å². The minimum atomic E-state index is -0.844. The van der Waals surface area contributed by atoms with Crippen LogP contribution in [0.2, 0.25) is 0 Å². The number of hydrogen-bond donors (Lipinski definition) is 1. The number of carboxylic acid groups (broad SMARTS) is 1. The number of morpholine rings is 1. The van der Waals surface area contributed by atoms with Crippen LogP contribution in [0.5, 0.6) is 0 Å². The third-order valence-corrected chi connectivity index (χ3v) is 5.81. The van der Waals surface area contributed by atoms with Crippen LogP contribution in [0.3, 0.4) is 0 Å². The molecule has 2 atom stereocenters. The van der Waals surface area contributed by atoms with Gasteiger partial charge in [0.25, 0.3) is 0 Å². The summed E-state index contributed by atoms with van der Waals surface area (Å²) >= 11 is 0. The average Bonchev–Trinajstić information content (AvgIpc) is 2.69. The fraction of sp³-hybridized carbons (Fsp3) is 0.364. The van der Waals surface area contributed by atoms with Crippen LogP contribution in [-0.4, -0.2) is 48.2 Å². The van der Waals surface area contributed by atoms with Crippen molar-refractivity contribution in [1.29, 1.82) is 0 Å². The summed E-state index contributed by atoms with van der Waals surface area (Å²) in [7, 11) is 0. The van der Waals surface area contributed by atoms with E-state index in [9.17, 15) is 14.7 Å². The molecular formula is C22H23NO4. The Morgan fingerprint density at radius 2 is 1.30 bits per heavy atom. The highest BCUT2D eigenvalue weighted by molar-refractivity contribution is 5.87. The van der Waals surface area contributed by atoms with Gasteiger partial charge in [0.05, 0.1) is 25.0 Å². The van der Waals surface area contributed by atoms with E-state index >= 15 is 0 Å². The van der Waals surface area contributed by atoms with Crippen molar-refractivity contribution in [2.45, 2.75) is 11.8 Å². The average molecular weight is 365 g/mol. The summed E-state index contributed by atoms with van der Waals surface area (Å²) in [4.78, 5) is 27.4. The van der Waals surface area contributed by atoms with Crippen molar-refractivity contribution in [2.75, 3.05) is 26.3 Å². The molecule has 1 heterocycles. The van der Waals surface area contributed by atoms with E-state index < -0.39 is 11.9 Å². The first-order chi connectivity index (χ1) is 13.2. The molecule has 0 spiro atoms. The second-order valence-electron chi connectivity index (χ2n) is 7.20. The van der Waals surface area contributed by atoms with Crippen molar-refractivity contribution >= 4 is 11.9 Å². The van der Waals surface area contributed by atoms with Crippen molar-refractivity contribution < 1.29 is 19.4 Å². The molecular weight excluding hydrogens is 342 g/mol. The van der Waals surface area contributed by atoms with E-state index in [0.717, 1.165) is 11.1 Å². The summed E-state index contributed by atoms with van der Waals surface area (Å²) in [6.07, 6.45) is 0. The van der Waals surface area contributed by atoms with Gasteiger partial charge in [0.2, 0.25) is 5.91 Å².